The number of rotatable bonds is 4. The highest BCUT2D eigenvalue weighted by atomic mass is 16.2. The van der Waals surface area contributed by atoms with E-state index in [-0.39, 0.29) is 11.8 Å². The molecular weight excluding hydrogens is 254 g/mol. The molecule has 0 saturated carbocycles. The summed E-state index contributed by atoms with van der Waals surface area (Å²) in [5.74, 6) is -0.290. The molecule has 106 valence electrons. The molecule has 1 fully saturated rings. The summed E-state index contributed by atoms with van der Waals surface area (Å²) in [7, 11) is 0. The first kappa shape index (κ1) is 14.2. The third kappa shape index (κ3) is 3.44. The SMILES string of the molecule is C=CCNC(=O)c1cncc(C(=O)N2CCCCC2)c1. The number of nitrogens with one attached hydrogen (secondary N) is 1. The molecule has 0 spiro atoms. The van der Waals surface area contributed by atoms with Gasteiger partial charge in [0.1, 0.15) is 0 Å². The van der Waals surface area contributed by atoms with E-state index >= 15 is 0 Å². The lowest BCUT2D eigenvalue weighted by Crippen LogP contribution is -2.35. The number of carbonyl (C=O) groups excluding carboxylic acids is 2. The molecule has 0 bridgehead atoms. The minimum Gasteiger partial charge on any atom is -0.349 e. The van der Waals surface area contributed by atoms with Crippen LogP contribution in [0.3, 0.4) is 0 Å². The Balaban J connectivity index is 2.10. The van der Waals surface area contributed by atoms with Crippen molar-refractivity contribution < 1.29 is 9.59 Å². The molecule has 2 amide bonds. The van der Waals surface area contributed by atoms with Crippen molar-refractivity contribution in [3.05, 3.63) is 42.2 Å². The highest BCUT2D eigenvalue weighted by Gasteiger charge is 2.19. The number of likely N-dealkylation sites (tertiary alicyclic amines) is 1. The van der Waals surface area contributed by atoms with Crippen LogP contribution in [0.15, 0.2) is 31.1 Å². The standard InChI is InChI=1S/C15H19N3O2/c1-2-6-17-14(19)12-9-13(11-16-10-12)15(20)18-7-4-3-5-8-18/h2,9-11H,1,3-8H2,(H,17,19). The van der Waals surface area contributed by atoms with Gasteiger partial charge in [0.05, 0.1) is 11.1 Å². The van der Waals surface area contributed by atoms with Crippen LogP contribution in [-0.2, 0) is 0 Å². The van der Waals surface area contributed by atoms with Crippen molar-refractivity contribution in [2.24, 2.45) is 0 Å². The van der Waals surface area contributed by atoms with Crippen molar-refractivity contribution in [3.8, 4) is 0 Å². The van der Waals surface area contributed by atoms with E-state index in [1.807, 2.05) is 4.90 Å². The molecule has 20 heavy (non-hydrogen) atoms. The van der Waals surface area contributed by atoms with Gasteiger partial charge >= 0.3 is 0 Å². The Morgan fingerprint density at radius 3 is 2.65 bits per heavy atom. The van der Waals surface area contributed by atoms with E-state index < -0.39 is 0 Å². The molecule has 2 rings (SSSR count). The Morgan fingerprint density at radius 2 is 1.95 bits per heavy atom. The Morgan fingerprint density at radius 1 is 1.25 bits per heavy atom. The van der Waals surface area contributed by atoms with Crippen LogP contribution < -0.4 is 5.32 Å². The summed E-state index contributed by atoms with van der Waals surface area (Å²) < 4.78 is 0. The number of pyridine rings is 1. The number of nitrogens with zero attached hydrogens (tertiary/aromatic N) is 2. The largest absolute Gasteiger partial charge is 0.349 e. The molecule has 0 radical (unpaired) electrons. The highest BCUT2D eigenvalue weighted by molar-refractivity contribution is 5.99. The van der Waals surface area contributed by atoms with Crippen LogP contribution in [0.2, 0.25) is 0 Å². The van der Waals surface area contributed by atoms with Gasteiger partial charge in [0.25, 0.3) is 11.8 Å². The number of amides is 2. The van der Waals surface area contributed by atoms with E-state index in [4.69, 9.17) is 0 Å². The van der Waals surface area contributed by atoms with E-state index in [1.54, 1.807) is 12.1 Å². The second-order valence-electron chi connectivity index (χ2n) is 4.81. The number of aromatic nitrogens is 1. The van der Waals surface area contributed by atoms with E-state index in [2.05, 4.69) is 16.9 Å². The fourth-order valence-electron chi connectivity index (χ4n) is 2.23. The third-order valence-electron chi connectivity index (χ3n) is 3.30. The van der Waals surface area contributed by atoms with Crippen molar-refractivity contribution >= 4 is 11.8 Å². The van der Waals surface area contributed by atoms with Gasteiger partial charge in [-0.05, 0) is 25.3 Å². The molecule has 1 aliphatic rings. The van der Waals surface area contributed by atoms with Gasteiger partial charge in [0.15, 0.2) is 0 Å². The fraction of sp³-hybridized carbons (Fsp3) is 0.400. The normalized spacial score (nSPS) is 14.7. The fourth-order valence-corrected chi connectivity index (χ4v) is 2.23. The van der Waals surface area contributed by atoms with E-state index in [1.165, 1.54) is 18.8 Å². The smallest absolute Gasteiger partial charge is 0.255 e. The first-order valence-corrected chi connectivity index (χ1v) is 6.86. The van der Waals surface area contributed by atoms with Crippen molar-refractivity contribution in [1.29, 1.82) is 0 Å². The molecule has 5 heteroatoms. The Labute approximate surface area is 118 Å². The Hall–Kier alpha value is -2.17. The van der Waals surface area contributed by atoms with Gasteiger partial charge in [-0.25, -0.2) is 0 Å². The molecule has 0 aliphatic carbocycles. The van der Waals surface area contributed by atoms with Crippen molar-refractivity contribution in [3.63, 3.8) is 0 Å². The topological polar surface area (TPSA) is 62.3 Å². The monoisotopic (exact) mass is 273 g/mol. The molecule has 2 heterocycles. The molecule has 1 saturated heterocycles. The van der Waals surface area contributed by atoms with Crippen LogP contribution >= 0.6 is 0 Å². The van der Waals surface area contributed by atoms with Gasteiger partial charge in [-0.15, -0.1) is 6.58 Å². The summed E-state index contributed by atoms with van der Waals surface area (Å²) in [5, 5.41) is 2.67. The first-order chi connectivity index (χ1) is 9.72. The number of carbonyl (C=O) groups is 2. The predicted octanol–water partition coefficient (Wildman–Crippen LogP) is 1.62. The number of hydrogen-bond donors (Lipinski definition) is 1. The van der Waals surface area contributed by atoms with Crippen molar-refractivity contribution in [1.82, 2.24) is 15.2 Å². The van der Waals surface area contributed by atoms with Crippen molar-refractivity contribution in [2.45, 2.75) is 19.3 Å². The molecule has 1 N–H and O–H groups in total. The van der Waals surface area contributed by atoms with Gasteiger partial charge in [-0.1, -0.05) is 6.08 Å². The Bertz CT molecular complexity index is 508. The molecule has 0 aromatic carbocycles. The summed E-state index contributed by atoms with van der Waals surface area (Å²) in [6.07, 6.45) is 7.84. The number of piperidine rings is 1. The molecule has 1 aromatic rings. The van der Waals surface area contributed by atoms with Gasteiger partial charge in [-0.3, -0.25) is 14.6 Å². The van der Waals surface area contributed by atoms with Crippen molar-refractivity contribution in [2.75, 3.05) is 19.6 Å². The van der Waals surface area contributed by atoms with E-state index in [0.717, 1.165) is 25.9 Å². The molecule has 0 unspecified atom stereocenters. The molecular formula is C15H19N3O2. The quantitative estimate of drug-likeness (QED) is 0.848. The molecule has 0 atom stereocenters. The van der Waals surface area contributed by atoms with Gasteiger partial charge in [0.2, 0.25) is 0 Å². The maximum Gasteiger partial charge on any atom is 0.255 e. The van der Waals surface area contributed by atoms with Gasteiger partial charge < -0.3 is 10.2 Å². The maximum absolute atomic E-state index is 12.3. The average Bonchev–Trinajstić information content (AvgIpc) is 2.52. The summed E-state index contributed by atoms with van der Waals surface area (Å²) in [6, 6.07) is 1.60. The average molecular weight is 273 g/mol. The van der Waals surface area contributed by atoms with Crippen LogP contribution in [-0.4, -0.2) is 41.3 Å². The van der Waals surface area contributed by atoms with Crippen LogP contribution in [0.5, 0.6) is 0 Å². The number of hydrogen-bond acceptors (Lipinski definition) is 3. The van der Waals surface area contributed by atoms with Crippen LogP contribution in [0.1, 0.15) is 40.0 Å². The third-order valence-corrected chi connectivity index (χ3v) is 3.30. The Kier molecular flexibility index (Phi) is 4.87. The lowest BCUT2D eigenvalue weighted by atomic mass is 10.1. The molecule has 5 nitrogen and oxygen atoms in total. The summed E-state index contributed by atoms with van der Waals surface area (Å²) in [5.41, 5.74) is 0.868. The van der Waals surface area contributed by atoms with Crippen LogP contribution in [0, 0.1) is 0 Å². The van der Waals surface area contributed by atoms with Crippen LogP contribution in [0.4, 0.5) is 0 Å². The zero-order valence-electron chi connectivity index (χ0n) is 11.5. The minimum absolute atomic E-state index is 0.0458. The second-order valence-corrected chi connectivity index (χ2v) is 4.81. The van der Waals surface area contributed by atoms with E-state index in [0.29, 0.717) is 17.7 Å². The zero-order valence-corrected chi connectivity index (χ0v) is 11.5. The predicted molar refractivity (Wildman–Crippen MR) is 76.5 cm³/mol. The lowest BCUT2D eigenvalue weighted by Gasteiger charge is -2.26. The minimum atomic E-state index is -0.245. The highest BCUT2D eigenvalue weighted by Crippen LogP contribution is 2.13. The maximum atomic E-state index is 12.3. The van der Waals surface area contributed by atoms with Crippen LogP contribution in [0.25, 0.3) is 0 Å². The summed E-state index contributed by atoms with van der Waals surface area (Å²) in [4.78, 5) is 30.0. The van der Waals surface area contributed by atoms with E-state index in [9.17, 15) is 9.59 Å². The van der Waals surface area contributed by atoms with Gasteiger partial charge in [0, 0.05) is 32.0 Å². The summed E-state index contributed by atoms with van der Waals surface area (Å²) >= 11 is 0. The lowest BCUT2D eigenvalue weighted by molar-refractivity contribution is 0.0724. The molecule has 1 aliphatic heterocycles. The van der Waals surface area contributed by atoms with Gasteiger partial charge in [-0.2, -0.15) is 0 Å². The first-order valence-electron chi connectivity index (χ1n) is 6.86. The zero-order chi connectivity index (χ0) is 14.4. The summed E-state index contributed by atoms with van der Waals surface area (Å²) in [6.45, 7) is 5.50. The molecule has 1 aromatic heterocycles. The second kappa shape index (κ2) is 6.84.